The summed E-state index contributed by atoms with van der Waals surface area (Å²) in [6, 6.07) is 10.9. The molecule has 0 spiro atoms. The number of hydrogen-bond acceptors (Lipinski definition) is 5. The minimum Gasteiger partial charge on any atom is -0.497 e. The summed E-state index contributed by atoms with van der Waals surface area (Å²) >= 11 is 0. The van der Waals surface area contributed by atoms with Gasteiger partial charge in [0.05, 0.1) is 12.6 Å². The molecule has 0 aliphatic carbocycles. The third-order valence-corrected chi connectivity index (χ3v) is 4.09. The van der Waals surface area contributed by atoms with Crippen molar-refractivity contribution < 1.29 is 14.3 Å². The fraction of sp³-hybridized carbons (Fsp3) is 0.263. The van der Waals surface area contributed by atoms with Crippen LogP contribution in [0.25, 0.3) is 11.2 Å². The zero-order chi connectivity index (χ0) is 19.9. The number of methoxy groups -OCH3 is 1. The number of imidazole rings is 1. The van der Waals surface area contributed by atoms with E-state index in [1.807, 2.05) is 24.3 Å². The number of rotatable bonds is 8. The Balaban J connectivity index is 1.40. The van der Waals surface area contributed by atoms with Gasteiger partial charge in [-0.05, 0) is 36.2 Å². The molecule has 3 aromatic rings. The van der Waals surface area contributed by atoms with E-state index in [1.165, 1.54) is 0 Å². The van der Waals surface area contributed by atoms with E-state index >= 15 is 0 Å². The molecule has 9 heteroatoms. The fourth-order valence-corrected chi connectivity index (χ4v) is 2.68. The number of H-pyrrole nitrogens is 2. The molecule has 0 unspecified atom stereocenters. The summed E-state index contributed by atoms with van der Waals surface area (Å²) in [5, 5.41) is 5.41. The van der Waals surface area contributed by atoms with Crippen molar-refractivity contribution in [1.82, 2.24) is 20.3 Å². The molecular formula is C19H21N5O4. The Morgan fingerprint density at radius 3 is 2.75 bits per heavy atom. The molecule has 9 nitrogen and oxygen atoms in total. The molecule has 2 heterocycles. The highest BCUT2D eigenvalue weighted by atomic mass is 16.5. The number of fused-ring (bicyclic) bond motifs is 1. The summed E-state index contributed by atoms with van der Waals surface area (Å²) in [7, 11) is 1.61. The Kier molecular flexibility index (Phi) is 6.05. The van der Waals surface area contributed by atoms with Crippen LogP contribution >= 0.6 is 0 Å². The van der Waals surface area contributed by atoms with Gasteiger partial charge in [0, 0.05) is 19.4 Å². The first kappa shape index (κ1) is 19.2. The number of hydrogen-bond donors (Lipinski definition) is 4. The predicted molar refractivity (Wildman–Crippen MR) is 104 cm³/mol. The van der Waals surface area contributed by atoms with Crippen molar-refractivity contribution in [3.05, 3.63) is 52.4 Å². The summed E-state index contributed by atoms with van der Waals surface area (Å²) in [5.41, 5.74) is 1.61. The van der Waals surface area contributed by atoms with E-state index in [-0.39, 0.29) is 30.3 Å². The zero-order valence-corrected chi connectivity index (χ0v) is 15.4. The first-order valence-corrected chi connectivity index (χ1v) is 8.82. The van der Waals surface area contributed by atoms with Crippen LogP contribution in [-0.4, -0.2) is 40.4 Å². The summed E-state index contributed by atoms with van der Waals surface area (Å²) < 4.78 is 5.16. The lowest BCUT2D eigenvalue weighted by Gasteiger charge is -2.07. The topological polar surface area (TPSA) is 129 Å². The normalized spacial score (nSPS) is 10.6. The molecule has 1 aromatic carbocycles. The second-order valence-electron chi connectivity index (χ2n) is 6.17. The molecule has 0 saturated heterocycles. The van der Waals surface area contributed by atoms with Crippen molar-refractivity contribution in [3.8, 4) is 5.75 Å². The van der Waals surface area contributed by atoms with Crippen LogP contribution < -0.4 is 21.1 Å². The largest absolute Gasteiger partial charge is 0.497 e. The summed E-state index contributed by atoms with van der Waals surface area (Å²) in [4.78, 5) is 44.4. The Morgan fingerprint density at radius 2 is 1.93 bits per heavy atom. The predicted octanol–water partition coefficient (Wildman–Crippen LogP) is 1.34. The number of carbonyl (C=O) groups excluding carboxylic acids is 2. The molecular weight excluding hydrogens is 362 g/mol. The molecule has 0 fully saturated rings. The zero-order valence-electron chi connectivity index (χ0n) is 15.4. The molecule has 3 rings (SSSR count). The van der Waals surface area contributed by atoms with Gasteiger partial charge in [-0.25, -0.2) is 9.78 Å². The number of anilines is 1. The number of aromatic amines is 2. The van der Waals surface area contributed by atoms with Crippen LogP contribution in [0.5, 0.6) is 5.75 Å². The lowest BCUT2D eigenvalue weighted by Crippen LogP contribution is -2.26. The number of amides is 2. The highest BCUT2D eigenvalue weighted by Crippen LogP contribution is 2.12. The van der Waals surface area contributed by atoms with Gasteiger partial charge in [0.25, 0.3) is 0 Å². The van der Waals surface area contributed by atoms with E-state index < -0.39 is 0 Å². The van der Waals surface area contributed by atoms with Gasteiger partial charge >= 0.3 is 5.69 Å². The van der Waals surface area contributed by atoms with Gasteiger partial charge in [-0.2, -0.15) is 0 Å². The summed E-state index contributed by atoms with van der Waals surface area (Å²) in [6.45, 7) is 0.479. The van der Waals surface area contributed by atoms with E-state index in [9.17, 15) is 14.4 Å². The van der Waals surface area contributed by atoms with Crippen molar-refractivity contribution >= 4 is 28.8 Å². The molecule has 0 saturated carbocycles. The Bertz CT molecular complexity index is 1040. The van der Waals surface area contributed by atoms with Gasteiger partial charge in [-0.15, -0.1) is 0 Å². The number of ether oxygens (including phenoxy) is 1. The molecule has 0 radical (unpaired) electrons. The van der Waals surface area contributed by atoms with E-state index in [0.29, 0.717) is 29.9 Å². The van der Waals surface area contributed by atoms with Crippen molar-refractivity contribution in [1.29, 1.82) is 0 Å². The number of benzene rings is 1. The lowest BCUT2D eigenvalue weighted by molar-refractivity contribution is -0.124. The summed E-state index contributed by atoms with van der Waals surface area (Å²) in [6.07, 6.45) is 0.787. The van der Waals surface area contributed by atoms with Crippen LogP contribution in [0.1, 0.15) is 18.4 Å². The minimum atomic E-state index is -0.364. The van der Waals surface area contributed by atoms with Crippen molar-refractivity contribution in [2.24, 2.45) is 0 Å². The van der Waals surface area contributed by atoms with Crippen molar-refractivity contribution in [3.63, 3.8) is 0 Å². The van der Waals surface area contributed by atoms with E-state index in [0.717, 1.165) is 11.3 Å². The van der Waals surface area contributed by atoms with Crippen LogP contribution in [0, 0.1) is 0 Å². The molecule has 28 heavy (non-hydrogen) atoms. The molecule has 0 aliphatic heterocycles. The molecule has 146 valence electrons. The number of nitrogens with one attached hydrogen (secondary N) is 4. The third-order valence-electron chi connectivity index (χ3n) is 4.09. The molecule has 0 atom stereocenters. The van der Waals surface area contributed by atoms with Gasteiger partial charge in [0.1, 0.15) is 11.6 Å². The maximum atomic E-state index is 12.0. The van der Waals surface area contributed by atoms with E-state index in [1.54, 1.807) is 19.2 Å². The lowest BCUT2D eigenvalue weighted by atomic mass is 10.1. The standard InChI is InChI=1S/C19H21N5O4/c1-28-13-4-2-3-12(11-13)9-10-20-16(25)7-8-17(26)22-15-6-5-14-18(23-15)24-19(27)21-14/h2-6,11H,7-10H2,1H3,(H,20,25)(H3,21,22,23,24,26,27). The van der Waals surface area contributed by atoms with Gasteiger partial charge in [-0.1, -0.05) is 12.1 Å². The maximum absolute atomic E-state index is 12.0. The number of pyridine rings is 1. The van der Waals surface area contributed by atoms with Crippen LogP contribution in [0.2, 0.25) is 0 Å². The van der Waals surface area contributed by atoms with Gasteiger partial charge < -0.3 is 20.4 Å². The van der Waals surface area contributed by atoms with Crippen LogP contribution in [0.15, 0.2) is 41.2 Å². The first-order valence-electron chi connectivity index (χ1n) is 8.82. The Morgan fingerprint density at radius 1 is 1.11 bits per heavy atom. The molecule has 0 aliphatic rings. The molecule has 2 amide bonds. The van der Waals surface area contributed by atoms with Crippen LogP contribution in [0.3, 0.4) is 0 Å². The summed E-state index contributed by atoms with van der Waals surface area (Å²) in [5.74, 6) is 0.561. The van der Waals surface area contributed by atoms with Crippen molar-refractivity contribution in [2.45, 2.75) is 19.3 Å². The van der Waals surface area contributed by atoms with Crippen LogP contribution in [0.4, 0.5) is 5.82 Å². The Hall–Kier alpha value is -3.62. The average molecular weight is 383 g/mol. The highest BCUT2D eigenvalue weighted by molar-refractivity contribution is 5.93. The van der Waals surface area contributed by atoms with E-state index in [2.05, 4.69) is 25.6 Å². The second-order valence-corrected chi connectivity index (χ2v) is 6.17. The number of aromatic nitrogens is 3. The van der Waals surface area contributed by atoms with Gasteiger partial charge in [0.2, 0.25) is 11.8 Å². The second kappa shape index (κ2) is 8.85. The fourth-order valence-electron chi connectivity index (χ4n) is 2.68. The van der Waals surface area contributed by atoms with Gasteiger partial charge in [0.15, 0.2) is 5.65 Å². The smallest absolute Gasteiger partial charge is 0.325 e. The third kappa shape index (κ3) is 5.19. The minimum absolute atomic E-state index is 0.0361. The first-order chi connectivity index (χ1) is 13.5. The van der Waals surface area contributed by atoms with Gasteiger partial charge in [-0.3, -0.25) is 14.6 Å². The SMILES string of the molecule is COc1cccc(CCNC(=O)CCC(=O)Nc2ccc3[nH]c(=O)[nH]c3n2)c1. The van der Waals surface area contributed by atoms with E-state index in [4.69, 9.17) is 4.74 Å². The van der Waals surface area contributed by atoms with Crippen LogP contribution in [-0.2, 0) is 16.0 Å². The molecule has 0 bridgehead atoms. The quantitative estimate of drug-likeness (QED) is 0.466. The average Bonchev–Trinajstić information content (AvgIpc) is 3.06. The maximum Gasteiger partial charge on any atom is 0.325 e. The number of nitrogens with zero attached hydrogens (tertiary/aromatic N) is 1. The molecule has 4 N–H and O–H groups in total. The highest BCUT2D eigenvalue weighted by Gasteiger charge is 2.09. The molecule has 2 aromatic heterocycles. The van der Waals surface area contributed by atoms with Crippen molar-refractivity contribution in [2.75, 3.05) is 19.0 Å². The monoisotopic (exact) mass is 383 g/mol. The Labute approximate surface area is 160 Å². The number of carbonyl (C=O) groups is 2.